The van der Waals surface area contributed by atoms with Gasteiger partial charge >= 0.3 is 0 Å². The third-order valence-electron chi connectivity index (χ3n) is 3.42. The lowest BCUT2D eigenvalue weighted by Gasteiger charge is -2.18. The molecule has 0 atom stereocenters. The summed E-state index contributed by atoms with van der Waals surface area (Å²) in [6.07, 6.45) is 0. The minimum Gasteiger partial charge on any atom is -0.486 e. The number of thioether (sulfide) groups is 1. The highest BCUT2D eigenvalue weighted by molar-refractivity contribution is 8.00. The highest BCUT2D eigenvalue weighted by Gasteiger charge is 2.20. The second-order valence-electron chi connectivity index (χ2n) is 6.47. The molecule has 2 heterocycles. The van der Waals surface area contributed by atoms with E-state index in [4.69, 9.17) is 14.0 Å². The van der Waals surface area contributed by atoms with Crippen molar-refractivity contribution in [2.75, 3.05) is 24.3 Å². The Morgan fingerprint density at radius 1 is 1.21 bits per heavy atom. The molecule has 0 aliphatic carbocycles. The van der Waals surface area contributed by atoms with Crippen LogP contribution in [0, 0.1) is 0 Å². The van der Waals surface area contributed by atoms with Gasteiger partial charge in [0.25, 0.3) is 0 Å². The quantitative estimate of drug-likeness (QED) is 0.853. The number of carbonyl (C=O) groups excluding carboxylic acids is 1. The molecule has 1 aliphatic heterocycles. The van der Waals surface area contributed by atoms with Crippen molar-refractivity contribution in [3.05, 3.63) is 30.0 Å². The first-order valence-corrected chi connectivity index (χ1v) is 8.70. The van der Waals surface area contributed by atoms with Gasteiger partial charge in [-0.3, -0.25) is 10.1 Å². The molecule has 7 heteroatoms. The fraction of sp³-hybridized carbons (Fsp3) is 0.412. The summed E-state index contributed by atoms with van der Waals surface area (Å²) < 4.78 is 16.2. The summed E-state index contributed by atoms with van der Waals surface area (Å²) in [5, 5.41) is 6.70. The molecule has 128 valence electrons. The molecule has 2 aromatic rings. The molecule has 24 heavy (non-hydrogen) atoms. The summed E-state index contributed by atoms with van der Waals surface area (Å²) in [4.78, 5) is 13.0. The molecule has 0 spiro atoms. The van der Waals surface area contributed by atoms with Gasteiger partial charge in [0.15, 0.2) is 11.5 Å². The van der Waals surface area contributed by atoms with Gasteiger partial charge in [-0.25, -0.2) is 0 Å². The molecule has 0 fully saturated rings. The normalized spacial score (nSPS) is 13.6. The van der Waals surface area contributed by atoms with E-state index in [1.165, 1.54) is 11.8 Å². The zero-order chi connectivity index (χ0) is 17.2. The fourth-order valence-corrected chi connectivity index (χ4v) is 2.85. The van der Waals surface area contributed by atoms with E-state index in [1.807, 2.05) is 39.0 Å². The van der Waals surface area contributed by atoms with Crippen LogP contribution in [0.15, 0.2) is 33.7 Å². The highest BCUT2D eigenvalue weighted by Crippen LogP contribution is 2.34. The minimum absolute atomic E-state index is 0.119. The van der Waals surface area contributed by atoms with Gasteiger partial charge in [0.2, 0.25) is 11.8 Å². The molecule has 6 nitrogen and oxygen atoms in total. The van der Waals surface area contributed by atoms with Crippen LogP contribution < -0.4 is 14.8 Å². The van der Waals surface area contributed by atoms with Crippen LogP contribution in [0.25, 0.3) is 0 Å². The zero-order valence-electron chi connectivity index (χ0n) is 13.9. The average Bonchev–Trinajstić information content (AvgIpc) is 3.01. The van der Waals surface area contributed by atoms with E-state index >= 15 is 0 Å². The first kappa shape index (κ1) is 16.7. The van der Waals surface area contributed by atoms with Gasteiger partial charge < -0.3 is 14.0 Å². The van der Waals surface area contributed by atoms with E-state index in [9.17, 15) is 4.79 Å². The van der Waals surface area contributed by atoms with E-state index in [2.05, 4.69) is 10.5 Å². The van der Waals surface area contributed by atoms with Crippen molar-refractivity contribution in [2.45, 2.75) is 31.1 Å². The molecule has 3 rings (SSSR count). The molecule has 1 N–H and O–H groups in total. The largest absolute Gasteiger partial charge is 0.486 e. The number of hydrogen-bond donors (Lipinski definition) is 1. The summed E-state index contributed by atoms with van der Waals surface area (Å²) in [6, 6.07) is 7.42. The van der Waals surface area contributed by atoms with Gasteiger partial charge in [-0.15, -0.1) is 11.8 Å². The van der Waals surface area contributed by atoms with Crippen molar-refractivity contribution in [2.24, 2.45) is 0 Å². The van der Waals surface area contributed by atoms with Crippen LogP contribution in [0.4, 0.5) is 5.88 Å². The number of fused-ring (bicyclic) bond motifs is 1. The van der Waals surface area contributed by atoms with Crippen molar-refractivity contribution < 1.29 is 18.8 Å². The van der Waals surface area contributed by atoms with Crippen molar-refractivity contribution in [1.29, 1.82) is 0 Å². The Morgan fingerprint density at radius 3 is 2.67 bits per heavy atom. The lowest BCUT2D eigenvalue weighted by atomic mass is 9.92. The molecule has 0 radical (unpaired) electrons. The minimum atomic E-state index is -0.147. The number of rotatable bonds is 4. The Balaban J connectivity index is 1.55. The molecule has 0 unspecified atom stereocenters. The molecule has 0 bridgehead atoms. The summed E-state index contributed by atoms with van der Waals surface area (Å²) in [7, 11) is 0. The van der Waals surface area contributed by atoms with E-state index in [0.29, 0.717) is 19.1 Å². The third-order valence-corrected chi connectivity index (χ3v) is 4.42. The number of nitrogens with one attached hydrogen (secondary N) is 1. The molecule has 1 aromatic carbocycles. The molecule has 0 saturated heterocycles. The molecule has 1 amide bonds. The second kappa shape index (κ2) is 6.76. The van der Waals surface area contributed by atoms with E-state index in [0.717, 1.165) is 22.1 Å². The summed E-state index contributed by atoms with van der Waals surface area (Å²) in [5.41, 5.74) is 0.684. The predicted octanol–water partition coefficient (Wildman–Crippen LogP) is 3.47. The number of carbonyl (C=O) groups is 1. The maximum Gasteiger partial charge on any atom is 0.237 e. The molecule has 1 aliphatic rings. The van der Waals surface area contributed by atoms with E-state index in [-0.39, 0.29) is 17.1 Å². The predicted molar refractivity (Wildman–Crippen MR) is 92.0 cm³/mol. The molecule has 0 saturated carbocycles. The second-order valence-corrected chi connectivity index (χ2v) is 7.52. The number of aromatic nitrogens is 1. The number of nitrogens with zero attached hydrogens (tertiary/aromatic N) is 1. The van der Waals surface area contributed by atoms with Crippen LogP contribution in [-0.4, -0.2) is 30.0 Å². The van der Waals surface area contributed by atoms with Gasteiger partial charge in [0, 0.05) is 16.4 Å². The van der Waals surface area contributed by atoms with Gasteiger partial charge in [0.1, 0.15) is 13.2 Å². The molecular formula is C17H20N2O4S. The lowest BCUT2D eigenvalue weighted by molar-refractivity contribution is -0.113. The van der Waals surface area contributed by atoms with Crippen molar-refractivity contribution in [1.82, 2.24) is 5.16 Å². The van der Waals surface area contributed by atoms with Crippen LogP contribution >= 0.6 is 11.8 Å². The van der Waals surface area contributed by atoms with Gasteiger partial charge in [-0.2, -0.15) is 0 Å². The molecule has 1 aromatic heterocycles. The Bertz CT molecular complexity index is 736. The maximum absolute atomic E-state index is 12.1. The first-order valence-electron chi connectivity index (χ1n) is 7.71. The number of anilines is 1. The zero-order valence-corrected chi connectivity index (χ0v) is 14.7. The topological polar surface area (TPSA) is 73.6 Å². The van der Waals surface area contributed by atoms with Gasteiger partial charge in [0.05, 0.1) is 11.4 Å². The number of amides is 1. The third kappa shape index (κ3) is 4.03. The Kier molecular flexibility index (Phi) is 4.71. The standard InChI is InChI=1S/C17H20N2O4S/c1-17(2,3)14-9-16(23-19-14)18-15(20)10-24-11-4-5-12-13(8-11)22-7-6-21-12/h4-5,8-9H,6-7,10H2,1-3H3,(H,18,20). The summed E-state index contributed by atoms with van der Waals surface area (Å²) >= 11 is 1.42. The lowest BCUT2D eigenvalue weighted by Crippen LogP contribution is -2.15. The SMILES string of the molecule is CC(C)(C)c1cc(NC(=O)CSc2ccc3c(c2)OCCO3)on1. The Hall–Kier alpha value is -2.15. The smallest absolute Gasteiger partial charge is 0.237 e. The Morgan fingerprint density at radius 2 is 1.96 bits per heavy atom. The van der Waals surface area contributed by atoms with Crippen LogP contribution in [0.1, 0.15) is 26.5 Å². The van der Waals surface area contributed by atoms with Crippen LogP contribution in [-0.2, 0) is 10.2 Å². The van der Waals surface area contributed by atoms with Crippen molar-refractivity contribution >= 4 is 23.6 Å². The maximum atomic E-state index is 12.1. The summed E-state index contributed by atoms with van der Waals surface area (Å²) in [6.45, 7) is 7.22. The van der Waals surface area contributed by atoms with E-state index in [1.54, 1.807) is 6.07 Å². The van der Waals surface area contributed by atoms with E-state index < -0.39 is 0 Å². The van der Waals surface area contributed by atoms with Gasteiger partial charge in [-0.1, -0.05) is 25.9 Å². The fourth-order valence-electron chi connectivity index (χ4n) is 2.12. The highest BCUT2D eigenvalue weighted by atomic mass is 32.2. The number of ether oxygens (including phenoxy) is 2. The van der Waals surface area contributed by atoms with Crippen molar-refractivity contribution in [3.63, 3.8) is 0 Å². The number of benzene rings is 1. The van der Waals surface area contributed by atoms with Crippen LogP contribution in [0.3, 0.4) is 0 Å². The first-order chi connectivity index (χ1) is 11.4. The Labute approximate surface area is 144 Å². The molecular weight excluding hydrogens is 328 g/mol. The van der Waals surface area contributed by atoms with Crippen LogP contribution in [0.5, 0.6) is 11.5 Å². The summed E-state index contributed by atoms with van der Waals surface area (Å²) in [5.74, 6) is 1.95. The van der Waals surface area contributed by atoms with Crippen LogP contribution in [0.2, 0.25) is 0 Å². The van der Waals surface area contributed by atoms with Gasteiger partial charge in [-0.05, 0) is 18.2 Å². The average molecular weight is 348 g/mol. The van der Waals surface area contributed by atoms with Crippen molar-refractivity contribution in [3.8, 4) is 11.5 Å². The number of hydrogen-bond acceptors (Lipinski definition) is 6. The monoisotopic (exact) mass is 348 g/mol.